The first-order chi connectivity index (χ1) is 9.65. The number of carboxylic acid groups (broad SMARTS) is 1. The largest absolute Gasteiger partial charge is 0.492 e. The van der Waals surface area contributed by atoms with E-state index in [1.807, 2.05) is 36.1 Å². The fourth-order valence-electron chi connectivity index (χ4n) is 2.75. The highest BCUT2D eigenvalue weighted by atomic mass is 16.5. The molecule has 4 nitrogen and oxygen atoms in total. The lowest BCUT2D eigenvalue weighted by Gasteiger charge is -2.26. The predicted molar refractivity (Wildman–Crippen MR) is 78.1 cm³/mol. The van der Waals surface area contributed by atoms with Crippen LogP contribution in [0.25, 0.3) is 0 Å². The number of hydrogen-bond acceptors (Lipinski definition) is 3. The number of nitrogens with zero attached hydrogens (tertiary/aromatic N) is 1. The zero-order chi connectivity index (χ0) is 14.4. The highest BCUT2D eigenvalue weighted by molar-refractivity contribution is 5.69. The summed E-state index contributed by atoms with van der Waals surface area (Å²) in [6, 6.07) is 8.34. The molecule has 0 unspecified atom stereocenters. The summed E-state index contributed by atoms with van der Waals surface area (Å²) >= 11 is 0. The van der Waals surface area contributed by atoms with Crippen LogP contribution in [-0.2, 0) is 4.79 Å². The average molecular weight is 277 g/mol. The zero-order valence-corrected chi connectivity index (χ0v) is 12.0. The van der Waals surface area contributed by atoms with Crippen molar-refractivity contribution >= 4 is 5.97 Å². The Kier molecular flexibility index (Phi) is 5.41. The van der Waals surface area contributed by atoms with Gasteiger partial charge in [-0.2, -0.15) is 0 Å². The van der Waals surface area contributed by atoms with E-state index in [4.69, 9.17) is 9.84 Å². The molecule has 4 heteroatoms. The molecule has 1 N–H and O–H groups in total. The van der Waals surface area contributed by atoms with Gasteiger partial charge in [0.1, 0.15) is 12.4 Å². The van der Waals surface area contributed by atoms with E-state index in [1.165, 1.54) is 18.4 Å². The number of hydrogen-bond donors (Lipinski definition) is 1. The Morgan fingerprint density at radius 3 is 2.55 bits per heavy atom. The van der Waals surface area contributed by atoms with Gasteiger partial charge in [0.25, 0.3) is 0 Å². The highest BCUT2D eigenvalue weighted by Crippen LogP contribution is 2.23. The topological polar surface area (TPSA) is 49.8 Å². The normalized spacial score (nSPS) is 15.7. The molecular weight excluding hydrogens is 254 g/mol. The number of benzene rings is 1. The minimum atomic E-state index is -0.757. The Morgan fingerprint density at radius 1 is 1.30 bits per heavy atom. The smallest absolute Gasteiger partial charge is 0.317 e. The lowest BCUT2D eigenvalue weighted by Crippen LogP contribution is -2.40. The molecule has 1 aromatic rings. The van der Waals surface area contributed by atoms with Gasteiger partial charge in [-0.25, -0.2) is 0 Å². The summed E-state index contributed by atoms with van der Waals surface area (Å²) in [5, 5.41) is 9.01. The minimum Gasteiger partial charge on any atom is -0.492 e. The van der Waals surface area contributed by atoms with Gasteiger partial charge in [-0.1, -0.05) is 30.5 Å². The van der Waals surface area contributed by atoms with Crippen LogP contribution in [0.1, 0.15) is 31.2 Å². The van der Waals surface area contributed by atoms with Gasteiger partial charge < -0.3 is 9.84 Å². The first-order valence-corrected chi connectivity index (χ1v) is 7.30. The molecule has 1 fully saturated rings. The van der Waals surface area contributed by atoms with E-state index in [2.05, 4.69) is 0 Å². The number of aryl methyl sites for hydroxylation is 1. The fourth-order valence-corrected chi connectivity index (χ4v) is 2.75. The lowest BCUT2D eigenvalue weighted by atomic mass is 10.2. The molecule has 0 amide bonds. The SMILES string of the molecule is Cc1ccc(OCCN(CC(=O)O)C2CCCC2)cc1. The summed E-state index contributed by atoms with van der Waals surface area (Å²) in [7, 11) is 0. The van der Waals surface area contributed by atoms with E-state index < -0.39 is 5.97 Å². The molecule has 20 heavy (non-hydrogen) atoms. The molecule has 0 bridgehead atoms. The quantitative estimate of drug-likeness (QED) is 0.832. The molecule has 0 heterocycles. The van der Waals surface area contributed by atoms with Gasteiger partial charge in [0, 0.05) is 12.6 Å². The Balaban J connectivity index is 1.81. The third kappa shape index (κ3) is 4.53. The molecule has 1 aliphatic carbocycles. The molecule has 0 saturated heterocycles. The van der Waals surface area contributed by atoms with E-state index in [-0.39, 0.29) is 6.54 Å². The van der Waals surface area contributed by atoms with Crippen LogP contribution in [0.4, 0.5) is 0 Å². The number of aliphatic carboxylic acids is 1. The first-order valence-electron chi connectivity index (χ1n) is 7.30. The maximum absolute atomic E-state index is 11.0. The van der Waals surface area contributed by atoms with Gasteiger partial charge in [0.05, 0.1) is 6.54 Å². The lowest BCUT2D eigenvalue weighted by molar-refractivity contribution is -0.139. The van der Waals surface area contributed by atoms with Crippen molar-refractivity contribution in [1.29, 1.82) is 0 Å². The van der Waals surface area contributed by atoms with Crippen LogP contribution in [0.2, 0.25) is 0 Å². The molecule has 0 atom stereocenters. The number of rotatable bonds is 7. The fraction of sp³-hybridized carbons (Fsp3) is 0.562. The van der Waals surface area contributed by atoms with E-state index in [9.17, 15) is 4.79 Å². The van der Waals surface area contributed by atoms with Gasteiger partial charge >= 0.3 is 5.97 Å². The second kappa shape index (κ2) is 7.29. The van der Waals surface area contributed by atoms with Gasteiger partial charge in [-0.15, -0.1) is 0 Å². The average Bonchev–Trinajstić information content (AvgIpc) is 2.93. The van der Waals surface area contributed by atoms with Crippen molar-refractivity contribution in [2.75, 3.05) is 19.7 Å². The number of carbonyl (C=O) groups is 1. The molecule has 0 spiro atoms. The van der Waals surface area contributed by atoms with Crippen LogP contribution >= 0.6 is 0 Å². The van der Waals surface area contributed by atoms with Crippen LogP contribution in [0, 0.1) is 6.92 Å². The van der Waals surface area contributed by atoms with E-state index in [1.54, 1.807) is 0 Å². The molecule has 1 saturated carbocycles. The summed E-state index contributed by atoms with van der Waals surface area (Å²) < 4.78 is 5.70. The first kappa shape index (κ1) is 14.9. The summed E-state index contributed by atoms with van der Waals surface area (Å²) in [5.41, 5.74) is 1.20. The second-order valence-corrected chi connectivity index (χ2v) is 5.46. The van der Waals surface area contributed by atoms with Crippen LogP contribution in [0.15, 0.2) is 24.3 Å². The molecule has 0 aliphatic heterocycles. The van der Waals surface area contributed by atoms with Gasteiger partial charge in [0.2, 0.25) is 0 Å². The van der Waals surface area contributed by atoms with Crippen molar-refractivity contribution in [3.8, 4) is 5.75 Å². The van der Waals surface area contributed by atoms with Gasteiger partial charge in [-0.05, 0) is 31.9 Å². The van der Waals surface area contributed by atoms with Gasteiger partial charge in [0.15, 0.2) is 0 Å². The zero-order valence-electron chi connectivity index (χ0n) is 12.0. The summed E-state index contributed by atoms with van der Waals surface area (Å²) in [4.78, 5) is 13.0. The van der Waals surface area contributed by atoms with Crippen molar-refractivity contribution in [1.82, 2.24) is 4.90 Å². The van der Waals surface area contributed by atoms with Crippen molar-refractivity contribution in [2.45, 2.75) is 38.6 Å². The molecule has 0 aromatic heterocycles. The highest BCUT2D eigenvalue weighted by Gasteiger charge is 2.23. The van der Waals surface area contributed by atoms with Crippen LogP contribution in [0.3, 0.4) is 0 Å². The third-order valence-corrected chi connectivity index (χ3v) is 3.85. The van der Waals surface area contributed by atoms with Crippen molar-refractivity contribution in [2.24, 2.45) is 0 Å². The Bertz CT molecular complexity index is 424. The molecule has 0 radical (unpaired) electrons. The molecular formula is C16H23NO3. The molecule has 110 valence electrons. The van der Waals surface area contributed by atoms with Gasteiger partial charge in [-0.3, -0.25) is 9.69 Å². The van der Waals surface area contributed by atoms with Crippen LogP contribution < -0.4 is 4.74 Å². The second-order valence-electron chi connectivity index (χ2n) is 5.46. The van der Waals surface area contributed by atoms with E-state index >= 15 is 0 Å². The van der Waals surface area contributed by atoms with E-state index in [0.717, 1.165) is 18.6 Å². The summed E-state index contributed by atoms with van der Waals surface area (Å²) in [6.45, 7) is 3.36. The predicted octanol–water partition coefficient (Wildman–Crippen LogP) is 2.70. The molecule has 1 aliphatic rings. The summed E-state index contributed by atoms with van der Waals surface area (Å²) in [6.07, 6.45) is 4.63. The van der Waals surface area contributed by atoms with Crippen molar-refractivity contribution in [3.63, 3.8) is 0 Å². The number of carboxylic acids is 1. The maximum atomic E-state index is 11.0. The number of ether oxygens (including phenoxy) is 1. The van der Waals surface area contributed by atoms with E-state index in [0.29, 0.717) is 19.2 Å². The minimum absolute atomic E-state index is 0.113. The van der Waals surface area contributed by atoms with Crippen LogP contribution in [0.5, 0.6) is 5.75 Å². The Labute approximate surface area is 120 Å². The molecule has 1 aromatic carbocycles. The monoisotopic (exact) mass is 277 g/mol. The molecule has 2 rings (SSSR count). The van der Waals surface area contributed by atoms with Crippen molar-refractivity contribution in [3.05, 3.63) is 29.8 Å². The van der Waals surface area contributed by atoms with Crippen LogP contribution in [-0.4, -0.2) is 41.7 Å². The summed E-state index contributed by atoms with van der Waals surface area (Å²) in [5.74, 6) is 0.0875. The third-order valence-electron chi connectivity index (χ3n) is 3.85. The Morgan fingerprint density at radius 2 is 1.95 bits per heavy atom. The Hall–Kier alpha value is -1.55. The standard InChI is InChI=1S/C16H23NO3/c1-13-6-8-15(9-7-13)20-11-10-17(12-16(18)19)14-4-2-3-5-14/h6-9,14H,2-5,10-12H2,1H3,(H,18,19). The maximum Gasteiger partial charge on any atom is 0.317 e. The van der Waals surface area contributed by atoms with Crippen molar-refractivity contribution < 1.29 is 14.6 Å².